The van der Waals surface area contributed by atoms with Crippen molar-refractivity contribution in [2.24, 2.45) is 0 Å². The van der Waals surface area contributed by atoms with E-state index in [4.69, 9.17) is 9.47 Å². The quantitative estimate of drug-likeness (QED) is 0.542. The summed E-state index contributed by atoms with van der Waals surface area (Å²) in [5, 5.41) is 2.53. The van der Waals surface area contributed by atoms with Crippen LogP contribution in [0.4, 0.5) is 5.69 Å². The van der Waals surface area contributed by atoms with E-state index in [0.29, 0.717) is 17.9 Å². The minimum Gasteiger partial charge on any atom is -0.462 e. The zero-order valence-electron chi connectivity index (χ0n) is 14.8. The molecule has 8 heteroatoms. The largest absolute Gasteiger partial charge is 0.462 e. The zero-order chi connectivity index (χ0) is 19.6. The first kappa shape index (κ1) is 19.9. The minimum atomic E-state index is -0.892. The van der Waals surface area contributed by atoms with Gasteiger partial charge in [-0.2, -0.15) is 0 Å². The number of rotatable bonds is 8. The van der Waals surface area contributed by atoms with Gasteiger partial charge in [0.15, 0.2) is 6.61 Å². The van der Waals surface area contributed by atoms with Crippen molar-refractivity contribution in [1.29, 1.82) is 0 Å². The van der Waals surface area contributed by atoms with Gasteiger partial charge in [-0.25, -0.2) is 9.59 Å². The third-order valence-corrected chi connectivity index (χ3v) is 3.51. The van der Waals surface area contributed by atoms with Crippen LogP contribution in [0.25, 0.3) is 0 Å². The molecule has 0 aliphatic rings. The molecule has 0 saturated heterocycles. The summed E-state index contributed by atoms with van der Waals surface area (Å²) in [6.45, 7) is 1.82. The number of aromatic amines is 1. The second-order valence-corrected chi connectivity index (χ2v) is 5.60. The van der Waals surface area contributed by atoms with Gasteiger partial charge >= 0.3 is 11.9 Å². The van der Waals surface area contributed by atoms with Crippen molar-refractivity contribution < 1.29 is 23.9 Å². The van der Waals surface area contributed by atoms with Crippen LogP contribution < -0.4 is 10.9 Å². The van der Waals surface area contributed by atoms with Gasteiger partial charge in [-0.15, -0.1) is 0 Å². The van der Waals surface area contributed by atoms with Gasteiger partial charge in [-0.1, -0.05) is 13.3 Å². The Morgan fingerprint density at radius 3 is 2.44 bits per heavy atom. The molecule has 0 aliphatic heterocycles. The fourth-order valence-electron chi connectivity index (χ4n) is 2.07. The number of ether oxygens (including phenoxy) is 2. The maximum Gasteiger partial charge on any atom is 0.344 e. The van der Waals surface area contributed by atoms with Gasteiger partial charge in [0.1, 0.15) is 5.56 Å². The normalized spacial score (nSPS) is 10.1. The molecule has 1 heterocycles. The van der Waals surface area contributed by atoms with Crippen molar-refractivity contribution in [3.05, 3.63) is 64.1 Å². The molecule has 27 heavy (non-hydrogen) atoms. The van der Waals surface area contributed by atoms with Gasteiger partial charge in [0.2, 0.25) is 0 Å². The molecular weight excluding hydrogens is 352 g/mol. The molecule has 0 unspecified atom stereocenters. The fraction of sp³-hybridized carbons (Fsp3) is 0.263. The first-order valence-electron chi connectivity index (χ1n) is 8.43. The highest BCUT2D eigenvalue weighted by Crippen LogP contribution is 2.11. The van der Waals surface area contributed by atoms with Crippen LogP contribution in [0.1, 0.15) is 40.5 Å². The zero-order valence-corrected chi connectivity index (χ0v) is 14.8. The molecule has 142 valence electrons. The maximum atomic E-state index is 11.9. The molecule has 1 amide bonds. The number of benzene rings is 1. The summed E-state index contributed by atoms with van der Waals surface area (Å²) in [7, 11) is 0. The number of unbranched alkanes of at least 4 members (excludes halogenated alkanes) is 1. The molecule has 2 aromatic rings. The molecule has 0 fully saturated rings. The Kier molecular flexibility index (Phi) is 7.30. The lowest BCUT2D eigenvalue weighted by Crippen LogP contribution is -2.24. The molecular formula is C19H20N2O6. The van der Waals surface area contributed by atoms with Crippen LogP contribution in [0.15, 0.2) is 47.4 Å². The summed E-state index contributed by atoms with van der Waals surface area (Å²) in [4.78, 5) is 49.2. The van der Waals surface area contributed by atoms with E-state index in [0.717, 1.165) is 12.8 Å². The fourth-order valence-corrected chi connectivity index (χ4v) is 2.07. The smallest absolute Gasteiger partial charge is 0.344 e. The molecule has 1 aromatic carbocycles. The van der Waals surface area contributed by atoms with Crippen molar-refractivity contribution in [2.45, 2.75) is 19.8 Å². The van der Waals surface area contributed by atoms with E-state index in [1.807, 2.05) is 6.92 Å². The van der Waals surface area contributed by atoms with Crippen LogP contribution in [0, 0.1) is 0 Å². The van der Waals surface area contributed by atoms with Crippen molar-refractivity contribution in [1.82, 2.24) is 4.98 Å². The van der Waals surface area contributed by atoms with Crippen LogP contribution in [0.2, 0.25) is 0 Å². The number of H-pyrrole nitrogens is 1. The Morgan fingerprint density at radius 2 is 1.78 bits per heavy atom. The molecule has 0 bridgehead atoms. The molecule has 0 spiro atoms. The SMILES string of the molecule is CCCCOC(=O)c1ccc(NC(=O)COC(=O)c2ccc[nH]c2=O)cc1. The number of amides is 1. The average Bonchev–Trinajstić information content (AvgIpc) is 2.67. The number of anilines is 1. The summed E-state index contributed by atoms with van der Waals surface area (Å²) < 4.78 is 9.91. The van der Waals surface area contributed by atoms with E-state index in [2.05, 4.69) is 10.3 Å². The van der Waals surface area contributed by atoms with E-state index in [1.165, 1.54) is 42.6 Å². The second-order valence-electron chi connectivity index (χ2n) is 5.60. The van der Waals surface area contributed by atoms with Crippen LogP contribution in [0.5, 0.6) is 0 Å². The predicted molar refractivity (Wildman–Crippen MR) is 97.6 cm³/mol. The summed E-state index contributed by atoms with van der Waals surface area (Å²) in [6, 6.07) is 8.92. The Morgan fingerprint density at radius 1 is 1.04 bits per heavy atom. The molecule has 0 aliphatic carbocycles. The Labute approximate surface area is 155 Å². The maximum absolute atomic E-state index is 11.9. The van der Waals surface area contributed by atoms with Crippen LogP contribution in [0.3, 0.4) is 0 Å². The number of pyridine rings is 1. The first-order valence-corrected chi connectivity index (χ1v) is 8.43. The standard InChI is InChI=1S/C19H20N2O6/c1-2-3-11-26-18(24)13-6-8-14(9-7-13)21-16(22)12-27-19(25)15-5-4-10-20-17(15)23/h4-10H,2-3,11-12H2,1H3,(H,20,23)(H,21,22). The van der Waals surface area contributed by atoms with E-state index in [9.17, 15) is 19.2 Å². The number of aromatic nitrogens is 1. The van der Waals surface area contributed by atoms with Crippen molar-refractivity contribution in [3.63, 3.8) is 0 Å². The average molecular weight is 372 g/mol. The Balaban J connectivity index is 1.83. The highest BCUT2D eigenvalue weighted by molar-refractivity contribution is 5.96. The monoisotopic (exact) mass is 372 g/mol. The first-order chi connectivity index (χ1) is 13.0. The van der Waals surface area contributed by atoms with Gasteiger partial charge in [-0.3, -0.25) is 9.59 Å². The van der Waals surface area contributed by atoms with E-state index >= 15 is 0 Å². The third-order valence-electron chi connectivity index (χ3n) is 3.51. The molecule has 2 rings (SSSR count). The van der Waals surface area contributed by atoms with Crippen molar-refractivity contribution in [3.8, 4) is 0 Å². The number of hydrogen-bond donors (Lipinski definition) is 2. The van der Waals surface area contributed by atoms with Gasteiger partial charge < -0.3 is 19.8 Å². The Bertz CT molecular complexity index is 857. The number of carbonyl (C=O) groups excluding carboxylic acids is 3. The minimum absolute atomic E-state index is 0.184. The Hall–Kier alpha value is -3.42. The number of nitrogens with one attached hydrogen (secondary N) is 2. The van der Waals surface area contributed by atoms with Gasteiger partial charge in [-0.05, 0) is 42.8 Å². The molecule has 0 radical (unpaired) electrons. The third kappa shape index (κ3) is 6.10. The molecule has 1 aromatic heterocycles. The van der Waals surface area contributed by atoms with E-state index in [1.54, 1.807) is 0 Å². The predicted octanol–water partition coefficient (Wildman–Crippen LogP) is 2.13. The summed E-state index contributed by atoms with van der Waals surface area (Å²) in [6.07, 6.45) is 3.12. The van der Waals surface area contributed by atoms with Crippen molar-refractivity contribution >= 4 is 23.5 Å². The molecule has 0 saturated carbocycles. The number of carbonyl (C=O) groups is 3. The number of esters is 2. The highest BCUT2D eigenvalue weighted by atomic mass is 16.5. The summed E-state index contributed by atoms with van der Waals surface area (Å²) in [5.74, 6) is -1.89. The highest BCUT2D eigenvalue weighted by Gasteiger charge is 2.14. The summed E-state index contributed by atoms with van der Waals surface area (Å²) >= 11 is 0. The molecule has 0 atom stereocenters. The van der Waals surface area contributed by atoms with Gasteiger partial charge in [0.25, 0.3) is 11.5 Å². The lowest BCUT2D eigenvalue weighted by atomic mass is 10.2. The summed E-state index contributed by atoms with van der Waals surface area (Å²) in [5.41, 5.74) is 0.0260. The van der Waals surface area contributed by atoms with E-state index in [-0.39, 0.29) is 5.56 Å². The van der Waals surface area contributed by atoms with Crippen LogP contribution >= 0.6 is 0 Å². The van der Waals surface area contributed by atoms with Crippen LogP contribution in [-0.2, 0) is 14.3 Å². The molecule has 2 N–H and O–H groups in total. The second kappa shape index (κ2) is 9.91. The molecule has 8 nitrogen and oxygen atoms in total. The topological polar surface area (TPSA) is 115 Å². The lowest BCUT2D eigenvalue weighted by Gasteiger charge is -2.08. The van der Waals surface area contributed by atoms with Gasteiger partial charge in [0.05, 0.1) is 12.2 Å². The number of hydrogen-bond acceptors (Lipinski definition) is 6. The van der Waals surface area contributed by atoms with Gasteiger partial charge in [0, 0.05) is 11.9 Å². The lowest BCUT2D eigenvalue weighted by molar-refractivity contribution is -0.119. The van der Waals surface area contributed by atoms with Crippen LogP contribution in [-0.4, -0.2) is 36.0 Å². The van der Waals surface area contributed by atoms with Crippen molar-refractivity contribution in [2.75, 3.05) is 18.5 Å². The van der Waals surface area contributed by atoms with E-state index < -0.39 is 30.0 Å².